The van der Waals surface area contributed by atoms with E-state index < -0.39 is 0 Å². The lowest BCUT2D eigenvalue weighted by Crippen LogP contribution is -2.17. The zero-order valence-corrected chi connectivity index (χ0v) is 12.3. The summed E-state index contributed by atoms with van der Waals surface area (Å²) in [6.45, 7) is 2.18. The van der Waals surface area contributed by atoms with Gasteiger partial charge in [-0.1, -0.05) is 48.1 Å². The van der Waals surface area contributed by atoms with Crippen molar-refractivity contribution >= 4 is 46.3 Å². The van der Waals surface area contributed by atoms with Crippen LogP contribution in [0.2, 0.25) is 15.2 Å². The summed E-state index contributed by atoms with van der Waals surface area (Å²) in [6, 6.07) is 1.56. The van der Waals surface area contributed by atoms with Crippen LogP contribution in [0.3, 0.4) is 0 Å². The smallest absolute Gasteiger partial charge is 0.166 e. The molecule has 18 heavy (non-hydrogen) atoms. The van der Waals surface area contributed by atoms with Gasteiger partial charge in [-0.15, -0.1) is 0 Å². The van der Waals surface area contributed by atoms with Crippen LogP contribution in [-0.4, -0.2) is 10.7 Å². The Morgan fingerprint density at radius 3 is 2.78 bits per heavy atom. The predicted octanol–water partition coefficient (Wildman–Crippen LogP) is 5.02. The summed E-state index contributed by atoms with van der Waals surface area (Å²) in [6.07, 6.45) is 4.66. The molecule has 0 aliphatic heterocycles. The van der Waals surface area contributed by atoms with Gasteiger partial charge in [-0.3, -0.25) is 5.43 Å². The molecule has 0 bridgehead atoms. The molecule has 1 fully saturated rings. The molecule has 0 radical (unpaired) electrons. The lowest BCUT2D eigenvalue weighted by molar-refractivity contribution is 0.558. The highest BCUT2D eigenvalue weighted by Gasteiger charge is 2.16. The van der Waals surface area contributed by atoms with E-state index in [-0.39, 0.29) is 5.15 Å². The summed E-state index contributed by atoms with van der Waals surface area (Å²) in [5, 5.41) is 5.36. The zero-order chi connectivity index (χ0) is 13.1. The summed E-state index contributed by atoms with van der Waals surface area (Å²) in [4.78, 5) is 4.07. The van der Waals surface area contributed by atoms with Crippen LogP contribution in [0, 0.1) is 5.92 Å². The van der Waals surface area contributed by atoms with E-state index in [9.17, 15) is 0 Å². The quantitative estimate of drug-likeness (QED) is 0.615. The van der Waals surface area contributed by atoms with Crippen LogP contribution in [0.25, 0.3) is 0 Å². The largest absolute Gasteiger partial charge is 0.260 e. The Morgan fingerprint density at radius 1 is 1.28 bits per heavy atom. The van der Waals surface area contributed by atoms with E-state index in [1.165, 1.54) is 19.3 Å². The van der Waals surface area contributed by atoms with Crippen LogP contribution in [-0.2, 0) is 0 Å². The minimum atomic E-state index is 0.223. The Labute approximate surface area is 122 Å². The summed E-state index contributed by atoms with van der Waals surface area (Å²) < 4.78 is 0. The van der Waals surface area contributed by atoms with Crippen LogP contribution in [0.5, 0.6) is 0 Å². The summed E-state index contributed by atoms with van der Waals surface area (Å²) in [5.41, 5.74) is 4.04. The van der Waals surface area contributed by atoms with E-state index in [1.807, 2.05) is 0 Å². The fraction of sp³-hybridized carbons (Fsp3) is 0.500. The lowest BCUT2D eigenvalue weighted by atomic mass is 9.89. The first kappa shape index (κ1) is 13.9. The summed E-state index contributed by atoms with van der Waals surface area (Å²) >= 11 is 17.7. The van der Waals surface area contributed by atoms with Crippen LogP contribution in [0.15, 0.2) is 11.2 Å². The maximum atomic E-state index is 6.02. The van der Waals surface area contributed by atoms with Crippen LogP contribution in [0.4, 0.5) is 5.82 Å². The standard InChI is InChI=1S/C12H14Cl3N3/c1-7-4-2-3-5-10(7)17-18-12-9(14)6-8(13)11(15)16-12/h6-7H,2-5H2,1H3,(H,16,18)/b17-10-/t7-/m0/s1. The first-order valence-electron chi connectivity index (χ1n) is 5.92. The average Bonchev–Trinajstić information content (AvgIpc) is 2.34. The van der Waals surface area contributed by atoms with Gasteiger partial charge in [0.05, 0.1) is 10.0 Å². The van der Waals surface area contributed by atoms with E-state index in [4.69, 9.17) is 34.8 Å². The Morgan fingerprint density at radius 2 is 2.06 bits per heavy atom. The third-order valence-corrected chi connectivity index (χ3v) is 4.04. The first-order chi connectivity index (χ1) is 8.58. The van der Waals surface area contributed by atoms with Crippen molar-refractivity contribution in [1.29, 1.82) is 0 Å². The predicted molar refractivity (Wildman–Crippen MR) is 78.0 cm³/mol. The van der Waals surface area contributed by atoms with Gasteiger partial charge in [-0.2, -0.15) is 5.10 Å². The molecule has 3 nitrogen and oxygen atoms in total. The Kier molecular flexibility index (Phi) is 4.71. The second-order valence-corrected chi connectivity index (χ2v) is 5.63. The van der Waals surface area contributed by atoms with Crippen LogP contribution in [0.1, 0.15) is 32.6 Å². The van der Waals surface area contributed by atoms with Gasteiger partial charge in [0, 0.05) is 5.71 Å². The van der Waals surface area contributed by atoms with Crippen molar-refractivity contribution in [3.8, 4) is 0 Å². The molecule has 1 saturated carbocycles. The van der Waals surface area contributed by atoms with E-state index in [0.717, 1.165) is 12.1 Å². The average molecular weight is 307 g/mol. The van der Waals surface area contributed by atoms with E-state index in [2.05, 4.69) is 22.4 Å². The van der Waals surface area contributed by atoms with Gasteiger partial charge in [-0.25, -0.2) is 4.98 Å². The highest BCUT2D eigenvalue weighted by Crippen LogP contribution is 2.29. The number of aromatic nitrogens is 1. The molecule has 1 atom stereocenters. The molecular formula is C12H14Cl3N3. The molecule has 0 spiro atoms. The Hall–Kier alpha value is -0.510. The van der Waals surface area contributed by atoms with E-state index >= 15 is 0 Å². The Bertz CT molecular complexity index is 474. The fourth-order valence-corrected chi connectivity index (χ4v) is 2.52. The molecule has 1 aliphatic rings. The van der Waals surface area contributed by atoms with Crippen molar-refractivity contribution < 1.29 is 0 Å². The maximum Gasteiger partial charge on any atom is 0.166 e. The molecule has 0 unspecified atom stereocenters. The minimum Gasteiger partial charge on any atom is -0.260 e. The molecule has 0 aromatic carbocycles. The number of halogens is 3. The molecular weight excluding hydrogens is 293 g/mol. The van der Waals surface area contributed by atoms with Gasteiger partial charge >= 0.3 is 0 Å². The molecule has 2 rings (SSSR count). The van der Waals surface area contributed by atoms with Crippen molar-refractivity contribution in [2.24, 2.45) is 11.0 Å². The van der Waals surface area contributed by atoms with Crippen molar-refractivity contribution in [1.82, 2.24) is 4.98 Å². The summed E-state index contributed by atoms with van der Waals surface area (Å²) in [5.74, 6) is 0.948. The third-order valence-electron chi connectivity index (χ3n) is 3.08. The number of hydrogen-bond acceptors (Lipinski definition) is 3. The minimum absolute atomic E-state index is 0.223. The normalized spacial score (nSPS) is 22.2. The van der Waals surface area contributed by atoms with Crippen molar-refractivity contribution in [3.05, 3.63) is 21.3 Å². The number of nitrogens with zero attached hydrogens (tertiary/aromatic N) is 2. The molecule has 0 saturated heterocycles. The van der Waals surface area contributed by atoms with Gasteiger partial charge in [0.1, 0.15) is 5.15 Å². The number of rotatable bonds is 2. The van der Waals surface area contributed by atoms with Crippen molar-refractivity contribution in [2.75, 3.05) is 5.43 Å². The van der Waals surface area contributed by atoms with E-state index in [0.29, 0.717) is 21.8 Å². The van der Waals surface area contributed by atoms with E-state index in [1.54, 1.807) is 6.07 Å². The maximum absolute atomic E-state index is 6.02. The molecule has 1 N–H and O–H groups in total. The second-order valence-electron chi connectivity index (χ2n) is 4.45. The first-order valence-corrected chi connectivity index (χ1v) is 7.05. The topological polar surface area (TPSA) is 37.3 Å². The molecule has 1 aliphatic carbocycles. The van der Waals surface area contributed by atoms with Gasteiger partial charge in [-0.05, 0) is 31.2 Å². The van der Waals surface area contributed by atoms with Crippen molar-refractivity contribution in [3.63, 3.8) is 0 Å². The monoisotopic (exact) mass is 305 g/mol. The molecule has 1 heterocycles. The summed E-state index contributed by atoms with van der Waals surface area (Å²) in [7, 11) is 0. The van der Waals surface area contributed by atoms with Gasteiger partial charge in [0.15, 0.2) is 5.82 Å². The molecule has 1 aromatic rings. The second kappa shape index (κ2) is 6.09. The van der Waals surface area contributed by atoms with Crippen molar-refractivity contribution in [2.45, 2.75) is 32.6 Å². The number of nitrogens with one attached hydrogen (secondary N) is 1. The molecule has 0 amide bonds. The van der Waals surface area contributed by atoms with Crippen LogP contribution < -0.4 is 5.43 Å². The number of pyridine rings is 1. The van der Waals surface area contributed by atoms with Gasteiger partial charge in [0.25, 0.3) is 0 Å². The Balaban J connectivity index is 2.14. The fourth-order valence-electron chi connectivity index (χ4n) is 1.98. The van der Waals surface area contributed by atoms with Gasteiger partial charge in [0.2, 0.25) is 0 Å². The SMILES string of the molecule is C[C@H]1CCCC/C1=N/Nc1nc(Cl)c(Cl)cc1Cl. The third kappa shape index (κ3) is 3.28. The van der Waals surface area contributed by atoms with Gasteiger partial charge < -0.3 is 0 Å². The molecule has 1 aromatic heterocycles. The number of hydrogen-bond donors (Lipinski definition) is 1. The number of hydrazone groups is 1. The zero-order valence-electron chi connectivity index (χ0n) is 10.0. The lowest BCUT2D eigenvalue weighted by Gasteiger charge is -2.20. The number of anilines is 1. The van der Waals surface area contributed by atoms with Crippen LogP contribution >= 0.6 is 34.8 Å². The highest BCUT2D eigenvalue weighted by atomic mass is 35.5. The molecule has 98 valence electrons. The molecule has 6 heteroatoms. The highest BCUT2D eigenvalue weighted by molar-refractivity contribution is 6.42.